The molecule has 0 saturated heterocycles. The van der Waals surface area contributed by atoms with E-state index in [2.05, 4.69) is 52.2 Å². The van der Waals surface area contributed by atoms with Crippen molar-refractivity contribution in [1.29, 1.82) is 0 Å². The molecule has 2 heteroatoms. The van der Waals surface area contributed by atoms with Gasteiger partial charge in [0.25, 0.3) is 0 Å². The average molecular weight is 158 g/mol. The van der Waals surface area contributed by atoms with Crippen LogP contribution in [0, 0.1) is 0 Å². The van der Waals surface area contributed by atoms with Crippen molar-refractivity contribution >= 4 is 0 Å². The summed E-state index contributed by atoms with van der Waals surface area (Å²) in [6.45, 7) is 12.9. The predicted octanol–water partition coefficient (Wildman–Crippen LogP) is 1.72. The first kappa shape index (κ1) is 10.9. The number of nitrogens with one attached hydrogen (secondary N) is 2. The molecule has 0 unspecified atom stereocenters. The van der Waals surface area contributed by atoms with Gasteiger partial charge in [-0.3, -0.25) is 10.6 Å². The highest BCUT2D eigenvalue weighted by Crippen LogP contribution is 2.00. The molecule has 0 aromatic heterocycles. The molecule has 0 radical (unpaired) electrons. The Bertz CT molecular complexity index is 94.1. The summed E-state index contributed by atoms with van der Waals surface area (Å²) in [5.74, 6) is 0. The molecular weight excluding hydrogens is 136 g/mol. The SMILES string of the molecule is CC(C)NC(C)(C)NC(C)C. The van der Waals surface area contributed by atoms with Gasteiger partial charge >= 0.3 is 0 Å². The standard InChI is InChI=1S/C9H22N2/c1-7(2)10-9(5,6)11-8(3)4/h7-8,10-11H,1-6H3. The normalized spacial score (nSPS) is 13.1. The van der Waals surface area contributed by atoms with E-state index in [1.54, 1.807) is 0 Å². The van der Waals surface area contributed by atoms with E-state index in [0.29, 0.717) is 12.1 Å². The van der Waals surface area contributed by atoms with E-state index in [1.165, 1.54) is 0 Å². The van der Waals surface area contributed by atoms with Gasteiger partial charge in [0.15, 0.2) is 0 Å². The Hall–Kier alpha value is -0.0800. The highest BCUT2D eigenvalue weighted by Gasteiger charge is 2.17. The molecule has 0 atom stereocenters. The van der Waals surface area contributed by atoms with Crippen molar-refractivity contribution < 1.29 is 0 Å². The van der Waals surface area contributed by atoms with Crippen molar-refractivity contribution in [3.05, 3.63) is 0 Å². The predicted molar refractivity (Wildman–Crippen MR) is 50.6 cm³/mol. The number of hydrogen-bond donors (Lipinski definition) is 2. The highest BCUT2D eigenvalue weighted by atomic mass is 15.2. The molecule has 0 aromatic rings. The fourth-order valence-corrected chi connectivity index (χ4v) is 1.49. The molecule has 0 amide bonds. The van der Waals surface area contributed by atoms with E-state index < -0.39 is 0 Å². The molecule has 0 bridgehead atoms. The van der Waals surface area contributed by atoms with Gasteiger partial charge in [-0.1, -0.05) is 0 Å². The first-order valence-electron chi connectivity index (χ1n) is 4.39. The molecule has 0 fully saturated rings. The third kappa shape index (κ3) is 6.32. The van der Waals surface area contributed by atoms with Crippen LogP contribution in [0.3, 0.4) is 0 Å². The van der Waals surface area contributed by atoms with Crippen LogP contribution in [0.15, 0.2) is 0 Å². The quantitative estimate of drug-likeness (QED) is 0.609. The topological polar surface area (TPSA) is 24.1 Å². The summed E-state index contributed by atoms with van der Waals surface area (Å²) in [7, 11) is 0. The minimum absolute atomic E-state index is 0.0440. The second-order valence-electron chi connectivity index (χ2n) is 4.22. The van der Waals surface area contributed by atoms with E-state index in [-0.39, 0.29) is 5.66 Å². The second kappa shape index (κ2) is 4.07. The van der Waals surface area contributed by atoms with Gasteiger partial charge in [-0.2, -0.15) is 0 Å². The van der Waals surface area contributed by atoms with E-state index in [4.69, 9.17) is 0 Å². The van der Waals surface area contributed by atoms with Gasteiger partial charge in [-0.25, -0.2) is 0 Å². The van der Waals surface area contributed by atoms with Crippen LogP contribution in [0.2, 0.25) is 0 Å². The fraction of sp³-hybridized carbons (Fsp3) is 1.00. The fourth-order valence-electron chi connectivity index (χ4n) is 1.49. The lowest BCUT2D eigenvalue weighted by molar-refractivity contribution is 0.267. The molecule has 0 aromatic carbocycles. The lowest BCUT2D eigenvalue weighted by Crippen LogP contribution is -2.56. The van der Waals surface area contributed by atoms with Crippen LogP contribution < -0.4 is 10.6 Å². The van der Waals surface area contributed by atoms with Crippen LogP contribution >= 0.6 is 0 Å². The first-order chi connectivity index (χ1) is 4.83. The molecule has 68 valence electrons. The molecule has 0 rings (SSSR count). The van der Waals surface area contributed by atoms with Crippen molar-refractivity contribution in [1.82, 2.24) is 10.6 Å². The summed E-state index contributed by atoms with van der Waals surface area (Å²) in [6.07, 6.45) is 0. The minimum Gasteiger partial charge on any atom is -0.298 e. The Morgan fingerprint density at radius 2 is 1.09 bits per heavy atom. The molecule has 2 nitrogen and oxygen atoms in total. The third-order valence-corrected chi connectivity index (χ3v) is 1.30. The van der Waals surface area contributed by atoms with Gasteiger partial charge in [0.2, 0.25) is 0 Å². The van der Waals surface area contributed by atoms with E-state index in [9.17, 15) is 0 Å². The van der Waals surface area contributed by atoms with Gasteiger partial charge < -0.3 is 0 Å². The van der Waals surface area contributed by atoms with Gasteiger partial charge in [0, 0.05) is 12.1 Å². The zero-order valence-electron chi connectivity index (χ0n) is 8.65. The Kier molecular flexibility index (Phi) is 4.04. The molecule has 0 aliphatic heterocycles. The number of rotatable bonds is 4. The van der Waals surface area contributed by atoms with Crippen molar-refractivity contribution in [3.63, 3.8) is 0 Å². The summed E-state index contributed by atoms with van der Waals surface area (Å²) in [5.41, 5.74) is 0.0440. The zero-order valence-corrected chi connectivity index (χ0v) is 8.65. The van der Waals surface area contributed by atoms with Crippen LogP contribution in [0.5, 0.6) is 0 Å². The van der Waals surface area contributed by atoms with E-state index in [1.807, 2.05) is 0 Å². The first-order valence-corrected chi connectivity index (χ1v) is 4.39. The Balaban J connectivity index is 3.79. The van der Waals surface area contributed by atoms with Crippen molar-refractivity contribution in [2.24, 2.45) is 0 Å². The third-order valence-electron chi connectivity index (χ3n) is 1.30. The summed E-state index contributed by atoms with van der Waals surface area (Å²) in [4.78, 5) is 0. The van der Waals surface area contributed by atoms with Crippen LogP contribution in [-0.2, 0) is 0 Å². The summed E-state index contributed by atoms with van der Waals surface area (Å²) in [5, 5.41) is 6.88. The monoisotopic (exact) mass is 158 g/mol. The van der Waals surface area contributed by atoms with Crippen molar-refractivity contribution in [3.8, 4) is 0 Å². The van der Waals surface area contributed by atoms with Crippen LogP contribution in [0.4, 0.5) is 0 Å². The lowest BCUT2D eigenvalue weighted by Gasteiger charge is -2.32. The van der Waals surface area contributed by atoms with Crippen molar-refractivity contribution in [2.75, 3.05) is 0 Å². The van der Waals surface area contributed by atoms with Gasteiger partial charge in [-0.05, 0) is 41.5 Å². The van der Waals surface area contributed by atoms with Crippen LogP contribution in [0.1, 0.15) is 41.5 Å². The van der Waals surface area contributed by atoms with E-state index in [0.717, 1.165) is 0 Å². The number of hydrogen-bond acceptors (Lipinski definition) is 2. The van der Waals surface area contributed by atoms with Crippen molar-refractivity contribution in [2.45, 2.75) is 59.3 Å². The Morgan fingerprint density at radius 1 is 0.818 bits per heavy atom. The smallest absolute Gasteiger partial charge is 0.0633 e. The Morgan fingerprint density at radius 3 is 1.27 bits per heavy atom. The molecule has 0 spiro atoms. The maximum absolute atomic E-state index is 3.44. The summed E-state index contributed by atoms with van der Waals surface area (Å²) in [6, 6.07) is 1.05. The average Bonchev–Trinajstić information content (AvgIpc) is 1.53. The van der Waals surface area contributed by atoms with Crippen LogP contribution in [-0.4, -0.2) is 17.7 Å². The molecule has 11 heavy (non-hydrogen) atoms. The highest BCUT2D eigenvalue weighted by molar-refractivity contribution is 4.77. The molecule has 2 N–H and O–H groups in total. The summed E-state index contributed by atoms with van der Waals surface area (Å²) >= 11 is 0. The molecular formula is C9H22N2. The largest absolute Gasteiger partial charge is 0.298 e. The minimum atomic E-state index is 0.0440. The van der Waals surface area contributed by atoms with Gasteiger partial charge in [-0.15, -0.1) is 0 Å². The molecule has 0 aliphatic rings. The molecule has 0 saturated carbocycles. The Labute approximate surface area is 70.8 Å². The lowest BCUT2D eigenvalue weighted by atomic mass is 10.2. The zero-order chi connectivity index (χ0) is 9.07. The van der Waals surface area contributed by atoms with E-state index >= 15 is 0 Å². The van der Waals surface area contributed by atoms with Gasteiger partial charge in [0.05, 0.1) is 5.66 Å². The molecule has 0 aliphatic carbocycles. The molecule has 0 heterocycles. The second-order valence-corrected chi connectivity index (χ2v) is 4.22. The maximum atomic E-state index is 3.44. The van der Waals surface area contributed by atoms with Gasteiger partial charge in [0.1, 0.15) is 0 Å². The maximum Gasteiger partial charge on any atom is 0.0633 e. The van der Waals surface area contributed by atoms with Crippen LogP contribution in [0.25, 0.3) is 0 Å². The summed E-state index contributed by atoms with van der Waals surface area (Å²) < 4.78 is 0.